The smallest absolute Gasteiger partial charge is 0.335 e. The lowest BCUT2D eigenvalue weighted by Crippen LogP contribution is -2.13. The first-order chi connectivity index (χ1) is 9.58. The van der Waals surface area contributed by atoms with Gasteiger partial charge in [0.25, 0.3) is 0 Å². The molecule has 3 nitrogen and oxygen atoms in total. The Balaban J connectivity index is 1.98. The molecule has 5 heteroatoms. The molecule has 2 aromatic carbocycles. The maximum absolute atomic E-state index is 10.9. The molecule has 0 aliphatic rings. The van der Waals surface area contributed by atoms with Crippen molar-refractivity contribution in [3.8, 4) is 0 Å². The lowest BCUT2D eigenvalue weighted by molar-refractivity contribution is 0.0697. The maximum Gasteiger partial charge on any atom is 0.335 e. The third-order valence-electron chi connectivity index (χ3n) is 2.89. The number of carboxylic acid groups (broad SMARTS) is 1. The zero-order chi connectivity index (χ0) is 14.5. The highest BCUT2D eigenvalue weighted by Gasteiger charge is 2.06. The van der Waals surface area contributed by atoms with Crippen LogP contribution in [0.15, 0.2) is 51.4 Å². The fourth-order valence-electron chi connectivity index (χ4n) is 1.80. The van der Waals surface area contributed by atoms with Gasteiger partial charge < -0.3 is 10.4 Å². The van der Waals surface area contributed by atoms with E-state index in [1.54, 1.807) is 12.1 Å². The van der Waals surface area contributed by atoms with Crippen LogP contribution in [0.2, 0.25) is 0 Å². The summed E-state index contributed by atoms with van der Waals surface area (Å²) in [5.41, 5.74) is 2.50. The topological polar surface area (TPSA) is 49.3 Å². The summed E-state index contributed by atoms with van der Waals surface area (Å²) < 4.78 is 1.88. The molecule has 0 aromatic heterocycles. The Morgan fingerprint density at radius 2 is 1.65 bits per heavy atom. The number of halogens is 2. The van der Waals surface area contributed by atoms with Crippen molar-refractivity contribution in [2.45, 2.75) is 13.1 Å². The third kappa shape index (κ3) is 3.91. The van der Waals surface area contributed by atoms with Crippen LogP contribution in [0.1, 0.15) is 21.5 Å². The SMILES string of the molecule is O=C(O)c1ccc(CNCc2ccccc2Br)c(Br)c1. The van der Waals surface area contributed by atoms with Gasteiger partial charge in [0.05, 0.1) is 5.56 Å². The van der Waals surface area contributed by atoms with Crippen LogP contribution < -0.4 is 5.32 Å². The van der Waals surface area contributed by atoms with E-state index in [0.717, 1.165) is 21.1 Å². The predicted octanol–water partition coefficient (Wildman–Crippen LogP) is 4.20. The molecule has 2 aromatic rings. The highest BCUT2D eigenvalue weighted by atomic mass is 79.9. The van der Waals surface area contributed by atoms with Crippen LogP contribution in [0, 0.1) is 0 Å². The average Bonchev–Trinajstić information content (AvgIpc) is 2.42. The largest absolute Gasteiger partial charge is 0.478 e. The molecule has 0 spiro atoms. The summed E-state index contributed by atoms with van der Waals surface area (Å²) in [4.78, 5) is 10.9. The van der Waals surface area contributed by atoms with Crippen molar-refractivity contribution in [2.75, 3.05) is 0 Å². The number of hydrogen-bond donors (Lipinski definition) is 2. The van der Waals surface area contributed by atoms with Crippen molar-refractivity contribution in [2.24, 2.45) is 0 Å². The van der Waals surface area contributed by atoms with Crippen LogP contribution >= 0.6 is 31.9 Å². The number of carbonyl (C=O) groups is 1. The van der Waals surface area contributed by atoms with Crippen molar-refractivity contribution in [1.82, 2.24) is 5.32 Å². The van der Waals surface area contributed by atoms with Gasteiger partial charge in [-0.2, -0.15) is 0 Å². The van der Waals surface area contributed by atoms with E-state index in [1.165, 1.54) is 5.56 Å². The molecule has 104 valence electrons. The quantitative estimate of drug-likeness (QED) is 0.793. The Bertz CT molecular complexity index is 629. The van der Waals surface area contributed by atoms with Gasteiger partial charge in [-0.3, -0.25) is 0 Å². The summed E-state index contributed by atoms with van der Waals surface area (Å²) >= 11 is 6.91. The molecule has 0 amide bonds. The highest BCUT2D eigenvalue weighted by molar-refractivity contribution is 9.10. The number of rotatable bonds is 5. The summed E-state index contributed by atoms with van der Waals surface area (Å²) in [5.74, 6) is -0.918. The fraction of sp³-hybridized carbons (Fsp3) is 0.133. The zero-order valence-electron chi connectivity index (χ0n) is 10.6. The lowest BCUT2D eigenvalue weighted by Gasteiger charge is -2.09. The van der Waals surface area contributed by atoms with E-state index >= 15 is 0 Å². The van der Waals surface area contributed by atoms with Crippen LogP contribution in [0.3, 0.4) is 0 Å². The highest BCUT2D eigenvalue weighted by Crippen LogP contribution is 2.19. The van der Waals surface area contributed by atoms with E-state index in [9.17, 15) is 4.79 Å². The van der Waals surface area contributed by atoms with Crippen molar-refractivity contribution < 1.29 is 9.90 Å². The van der Waals surface area contributed by atoms with Crippen molar-refractivity contribution in [3.63, 3.8) is 0 Å². The molecule has 0 atom stereocenters. The second kappa shape index (κ2) is 7.02. The second-order valence-electron chi connectivity index (χ2n) is 4.31. The van der Waals surface area contributed by atoms with Crippen LogP contribution in [0.4, 0.5) is 0 Å². The summed E-state index contributed by atoms with van der Waals surface area (Å²) in [7, 11) is 0. The first-order valence-corrected chi connectivity index (χ1v) is 7.62. The van der Waals surface area contributed by atoms with E-state index in [2.05, 4.69) is 43.2 Å². The van der Waals surface area contributed by atoms with Crippen molar-refractivity contribution in [3.05, 3.63) is 68.1 Å². The molecule has 0 heterocycles. The minimum Gasteiger partial charge on any atom is -0.478 e. The third-order valence-corrected chi connectivity index (χ3v) is 4.40. The Labute approximate surface area is 134 Å². The number of aromatic carboxylic acids is 1. The zero-order valence-corrected chi connectivity index (χ0v) is 13.7. The maximum atomic E-state index is 10.9. The molecule has 0 saturated carbocycles. The molecule has 0 radical (unpaired) electrons. The molecule has 0 unspecified atom stereocenters. The van der Waals surface area contributed by atoms with Gasteiger partial charge in [0.2, 0.25) is 0 Å². The molecule has 0 fully saturated rings. The minimum atomic E-state index is -0.918. The van der Waals surface area contributed by atoms with Crippen molar-refractivity contribution in [1.29, 1.82) is 0 Å². The Morgan fingerprint density at radius 3 is 2.25 bits per heavy atom. The van der Waals surface area contributed by atoms with E-state index < -0.39 is 5.97 Å². The predicted molar refractivity (Wildman–Crippen MR) is 85.8 cm³/mol. The Morgan fingerprint density at radius 1 is 1.00 bits per heavy atom. The summed E-state index contributed by atoms with van der Waals surface area (Å²) in [6, 6.07) is 13.1. The standard InChI is InChI=1S/C15H13Br2NO2/c16-13-4-2-1-3-11(13)8-18-9-12-6-5-10(15(19)20)7-14(12)17/h1-7,18H,8-9H2,(H,19,20). The Hall–Kier alpha value is -1.17. The fourth-order valence-corrected chi connectivity index (χ4v) is 2.74. The summed E-state index contributed by atoms with van der Waals surface area (Å²) in [6.07, 6.45) is 0. The van der Waals surface area contributed by atoms with Crippen LogP contribution in [-0.2, 0) is 13.1 Å². The van der Waals surface area contributed by atoms with Crippen molar-refractivity contribution >= 4 is 37.8 Å². The molecule has 2 N–H and O–H groups in total. The first-order valence-electron chi connectivity index (χ1n) is 6.04. The van der Waals surface area contributed by atoms with Gasteiger partial charge in [0, 0.05) is 22.0 Å². The molecular formula is C15H13Br2NO2. The summed E-state index contributed by atoms with van der Waals surface area (Å²) in [5, 5.41) is 12.3. The Kier molecular flexibility index (Phi) is 5.34. The van der Waals surface area contributed by atoms with E-state index in [-0.39, 0.29) is 5.56 Å². The molecule has 0 saturated heterocycles. The van der Waals surface area contributed by atoms with Gasteiger partial charge >= 0.3 is 5.97 Å². The van der Waals surface area contributed by atoms with Gasteiger partial charge in [-0.05, 0) is 29.3 Å². The number of carboxylic acids is 1. The number of benzene rings is 2. The van der Waals surface area contributed by atoms with Crippen LogP contribution in [0.25, 0.3) is 0 Å². The van der Waals surface area contributed by atoms with E-state index in [4.69, 9.17) is 5.11 Å². The van der Waals surface area contributed by atoms with Gasteiger partial charge in [-0.1, -0.05) is 56.1 Å². The first kappa shape index (κ1) is 15.2. The molecule has 0 bridgehead atoms. The number of hydrogen-bond acceptors (Lipinski definition) is 2. The van der Waals surface area contributed by atoms with Gasteiger partial charge in [0.1, 0.15) is 0 Å². The van der Waals surface area contributed by atoms with Crippen LogP contribution in [-0.4, -0.2) is 11.1 Å². The van der Waals surface area contributed by atoms with Gasteiger partial charge in [-0.25, -0.2) is 4.79 Å². The lowest BCUT2D eigenvalue weighted by atomic mass is 10.1. The van der Waals surface area contributed by atoms with Crippen LogP contribution in [0.5, 0.6) is 0 Å². The van der Waals surface area contributed by atoms with E-state index in [1.807, 2.05) is 24.3 Å². The molecule has 2 rings (SSSR count). The van der Waals surface area contributed by atoms with Gasteiger partial charge in [-0.15, -0.1) is 0 Å². The second-order valence-corrected chi connectivity index (χ2v) is 6.01. The molecule has 0 aliphatic heterocycles. The van der Waals surface area contributed by atoms with Gasteiger partial charge in [0.15, 0.2) is 0 Å². The molecule has 20 heavy (non-hydrogen) atoms. The minimum absolute atomic E-state index is 0.284. The summed E-state index contributed by atoms with van der Waals surface area (Å²) in [6.45, 7) is 1.41. The van der Waals surface area contributed by atoms with E-state index in [0.29, 0.717) is 6.54 Å². The monoisotopic (exact) mass is 397 g/mol. The molecular weight excluding hydrogens is 386 g/mol. The average molecular weight is 399 g/mol. The molecule has 0 aliphatic carbocycles. The normalized spacial score (nSPS) is 10.5. The number of nitrogens with one attached hydrogen (secondary N) is 1.